The summed E-state index contributed by atoms with van der Waals surface area (Å²) in [6, 6.07) is 16.2. The SMILES string of the molecule is CC(C)(O)C1CCN1Cc1cccc2c1ccn2S(=O)(=O)c1ccccc1. The molecule has 1 atom stereocenters. The fourth-order valence-electron chi connectivity index (χ4n) is 3.91. The van der Waals surface area contributed by atoms with Gasteiger partial charge in [-0.1, -0.05) is 30.3 Å². The van der Waals surface area contributed by atoms with Gasteiger partial charge in [-0.15, -0.1) is 0 Å². The van der Waals surface area contributed by atoms with Gasteiger partial charge >= 0.3 is 0 Å². The fraction of sp³-hybridized carbons (Fsp3) is 0.333. The van der Waals surface area contributed by atoms with Crippen LogP contribution in [0.3, 0.4) is 0 Å². The summed E-state index contributed by atoms with van der Waals surface area (Å²) in [4.78, 5) is 2.52. The Labute approximate surface area is 159 Å². The lowest BCUT2D eigenvalue weighted by Gasteiger charge is -2.47. The molecule has 0 saturated carbocycles. The monoisotopic (exact) mass is 384 g/mol. The molecule has 27 heavy (non-hydrogen) atoms. The van der Waals surface area contributed by atoms with Gasteiger partial charge in [0.2, 0.25) is 0 Å². The molecule has 2 heterocycles. The molecule has 0 aliphatic carbocycles. The molecule has 5 nitrogen and oxygen atoms in total. The van der Waals surface area contributed by atoms with E-state index in [0.29, 0.717) is 12.1 Å². The van der Waals surface area contributed by atoms with Crippen molar-refractivity contribution in [1.82, 2.24) is 8.87 Å². The van der Waals surface area contributed by atoms with E-state index in [-0.39, 0.29) is 10.9 Å². The zero-order valence-corrected chi connectivity index (χ0v) is 16.4. The lowest BCUT2D eigenvalue weighted by Crippen LogP contribution is -2.57. The van der Waals surface area contributed by atoms with Gasteiger partial charge in [-0.05, 0) is 50.1 Å². The van der Waals surface area contributed by atoms with Crippen molar-refractivity contribution < 1.29 is 13.5 Å². The van der Waals surface area contributed by atoms with Gasteiger partial charge < -0.3 is 5.11 Å². The summed E-state index contributed by atoms with van der Waals surface area (Å²) in [5.74, 6) is 0. The smallest absolute Gasteiger partial charge is 0.268 e. The Kier molecular flexibility index (Phi) is 4.37. The Morgan fingerprint density at radius 1 is 1.07 bits per heavy atom. The third-order valence-corrected chi connectivity index (χ3v) is 7.11. The van der Waals surface area contributed by atoms with Gasteiger partial charge in [0, 0.05) is 30.7 Å². The van der Waals surface area contributed by atoms with Crippen LogP contribution in [0.5, 0.6) is 0 Å². The third kappa shape index (κ3) is 3.18. The molecular weight excluding hydrogens is 360 g/mol. The van der Waals surface area contributed by atoms with Crippen LogP contribution < -0.4 is 0 Å². The quantitative estimate of drug-likeness (QED) is 0.734. The average Bonchev–Trinajstić information content (AvgIpc) is 3.03. The lowest BCUT2D eigenvalue weighted by atomic mass is 9.87. The highest BCUT2D eigenvalue weighted by Crippen LogP contribution is 2.32. The number of aromatic nitrogens is 1. The molecule has 1 aliphatic rings. The summed E-state index contributed by atoms with van der Waals surface area (Å²) in [5.41, 5.74) is 1.01. The molecular formula is C21H24N2O3S. The minimum atomic E-state index is -3.63. The highest BCUT2D eigenvalue weighted by molar-refractivity contribution is 7.90. The molecule has 1 unspecified atom stereocenters. The van der Waals surface area contributed by atoms with Gasteiger partial charge in [0.15, 0.2) is 0 Å². The van der Waals surface area contributed by atoms with Crippen LogP contribution in [-0.2, 0) is 16.6 Å². The van der Waals surface area contributed by atoms with E-state index >= 15 is 0 Å². The van der Waals surface area contributed by atoms with Crippen LogP contribution in [0, 0.1) is 0 Å². The van der Waals surface area contributed by atoms with Gasteiger partial charge in [0.1, 0.15) is 0 Å². The summed E-state index contributed by atoms with van der Waals surface area (Å²) in [5, 5.41) is 11.2. The van der Waals surface area contributed by atoms with E-state index in [0.717, 1.165) is 23.9 Å². The lowest BCUT2D eigenvalue weighted by molar-refractivity contribution is -0.0737. The molecule has 0 spiro atoms. The Hall–Kier alpha value is -2.15. The van der Waals surface area contributed by atoms with Crippen LogP contribution in [0.4, 0.5) is 0 Å². The van der Waals surface area contributed by atoms with Crippen LogP contribution in [-0.4, -0.2) is 40.6 Å². The predicted octanol–water partition coefficient (Wildman–Crippen LogP) is 3.22. The number of aliphatic hydroxyl groups is 1. The van der Waals surface area contributed by atoms with E-state index in [1.54, 1.807) is 36.5 Å². The van der Waals surface area contributed by atoms with Crippen LogP contribution in [0.1, 0.15) is 25.8 Å². The second-order valence-corrected chi connectivity index (χ2v) is 9.52. The number of hydrogen-bond acceptors (Lipinski definition) is 4. The molecule has 3 aromatic rings. The summed E-state index contributed by atoms with van der Waals surface area (Å²) in [7, 11) is -3.63. The highest BCUT2D eigenvalue weighted by atomic mass is 32.2. The highest BCUT2D eigenvalue weighted by Gasteiger charge is 2.38. The third-order valence-electron chi connectivity index (χ3n) is 5.41. The van der Waals surface area contributed by atoms with Gasteiger partial charge in [-0.25, -0.2) is 12.4 Å². The first-order valence-corrected chi connectivity index (χ1v) is 10.6. The maximum atomic E-state index is 13.0. The number of likely N-dealkylation sites (tertiary alicyclic amines) is 1. The van der Waals surface area contributed by atoms with Gasteiger partial charge in [0.05, 0.1) is 16.0 Å². The molecule has 142 valence electrons. The van der Waals surface area contributed by atoms with E-state index in [1.165, 1.54) is 3.97 Å². The maximum absolute atomic E-state index is 13.0. The second-order valence-electron chi connectivity index (χ2n) is 7.71. The second kappa shape index (κ2) is 6.48. The molecule has 1 aromatic heterocycles. The predicted molar refractivity (Wildman–Crippen MR) is 106 cm³/mol. The summed E-state index contributed by atoms with van der Waals surface area (Å²) in [6.07, 6.45) is 2.60. The van der Waals surface area contributed by atoms with Crippen molar-refractivity contribution in [3.63, 3.8) is 0 Å². The van der Waals surface area contributed by atoms with Crippen molar-refractivity contribution in [3.8, 4) is 0 Å². The van der Waals surface area contributed by atoms with Gasteiger partial charge in [0.25, 0.3) is 10.0 Å². The minimum absolute atomic E-state index is 0.128. The van der Waals surface area contributed by atoms with Crippen LogP contribution >= 0.6 is 0 Å². The first-order chi connectivity index (χ1) is 12.8. The van der Waals surface area contributed by atoms with Crippen LogP contribution in [0.25, 0.3) is 10.9 Å². The summed E-state index contributed by atoms with van der Waals surface area (Å²) < 4.78 is 27.4. The van der Waals surface area contributed by atoms with Gasteiger partial charge in [-0.2, -0.15) is 0 Å². The molecule has 1 saturated heterocycles. The number of nitrogens with zero attached hydrogens (tertiary/aromatic N) is 2. The fourth-order valence-corrected chi connectivity index (χ4v) is 5.28. The number of hydrogen-bond donors (Lipinski definition) is 1. The van der Waals surface area contributed by atoms with Crippen molar-refractivity contribution in [2.75, 3.05) is 6.54 Å². The number of rotatable bonds is 5. The number of fused-ring (bicyclic) bond motifs is 1. The first-order valence-electron chi connectivity index (χ1n) is 9.14. The summed E-state index contributed by atoms with van der Waals surface area (Å²) in [6.45, 7) is 5.32. The van der Waals surface area contributed by atoms with Crippen molar-refractivity contribution in [1.29, 1.82) is 0 Å². The molecule has 1 N–H and O–H groups in total. The molecule has 6 heteroatoms. The van der Waals surface area contributed by atoms with E-state index in [1.807, 2.05) is 38.1 Å². The molecule has 1 fully saturated rings. The Morgan fingerprint density at radius 3 is 2.44 bits per heavy atom. The topological polar surface area (TPSA) is 62.5 Å². The zero-order chi connectivity index (χ0) is 19.2. The largest absolute Gasteiger partial charge is 0.389 e. The van der Waals surface area contributed by atoms with E-state index in [9.17, 15) is 13.5 Å². The standard InChI is InChI=1S/C21H24N2O3S/c1-21(2,24)20-12-13-22(20)15-16-7-6-10-19-18(16)11-14-23(19)27(25,26)17-8-4-3-5-9-17/h3-11,14,20,24H,12-13,15H2,1-2H3. The van der Waals surface area contributed by atoms with Crippen molar-refractivity contribution in [3.05, 3.63) is 66.4 Å². The molecule has 0 radical (unpaired) electrons. The first kappa shape index (κ1) is 18.2. The minimum Gasteiger partial charge on any atom is -0.389 e. The zero-order valence-electron chi connectivity index (χ0n) is 15.5. The average molecular weight is 385 g/mol. The van der Waals surface area contributed by atoms with E-state index in [4.69, 9.17) is 0 Å². The molecule has 0 bridgehead atoms. The van der Waals surface area contributed by atoms with E-state index < -0.39 is 15.6 Å². The molecule has 1 aliphatic heterocycles. The molecule has 4 rings (SSSR count). The van der Waals surface area contributed by atoms with Crippen LogP contribution in [0.15, 0.2) is 65.7 Å². The normalized spacial score (nSPS) is 18.6. The summed E-state index contributed by atoms with van der Waals surface area (Å²) >= 11 is 0. The molecule has 2 aromatic carbocycles. The number of benzene rings is 2. The van der Waals surface area contributed by atoms with Crippen molar-refractivity contribution in [2.24, 2.45) is 0 Å². The van der Waals surface area contributed by atoms with Crippen molar-refractivity contribution in [2.45, 2.75) is 43.4 Å². The maximum Gasteiger partial charge on any atom is 0.268 e. The van der Waals surface area contributed by atoms with E-state index in [2.05, 4.69) is 4.90 Å². The Morgan fingerprint density at radius 2 is 1.81 bits per heavy atom. The Bertz CT molecular complexity index is 1070. The van der Waals surface area contributed by atoms with Crippen LogP contribution in [0.2, 0.25) is 0 Å². The van der Waals surface area contributed by atoms with Gasteiger partial charge in [-0.3, -0.25) is 4.90 Å². The molecule has 0 amide bonds. The Balaban J connectivity index is 1.71. The van der Waals surface area contributed by atoms with Crippen molar-refractivity contribution >= 4 is 20.9 Å².